The van der Waals surface area contributed by atoms with Gasteiger partial charge in [-0.05, 0) is 56.4 Å². The molecule has 1 aliphatic heterocycles. The summed E-state index contributed by atoms with van der Waals surface area (Å²) < 4.78 is 6.42. The molecule has 1 saturated heterocycles. The number of nitrogens with zero attached hydrogens (tertiary/aromatic N) is 2. The zero-order valence-electron chi connectivity index (χ0n) is 27.3. The molecule has 3 amide bonds. The van der Waals surface area contributed by atoms with Gasteiger partial charge in [0.15, 0.2) is 0 Å². The first-order chi connectivity index (χ1) is 22.4. The van der Waals surface area contributed by atoms with Crippen LogP contribution in [0.15, 0.2) is 84.9 Å². The van der Waals surface area contributed by atoms with E-state index in [2.05, 4.69) is 15.6 Å². The van der Waals surface area contributed by atoms with Crippen molar-refractivity contribution in [3.63, 3.8) is 0 Å². The number of para-hydroxylation sites is 1. The first kappa shape index (κ1) is 34.4. The minimum absolute atomic E-state index is 0.285. The van der Waals surface area contributed by atoms with Crippen LogP contribution in [-0.4, -0.2) is 62.4 Å². The molecular weight excluding hydrogens is 633 g/mol. The van der Waals surface area contributed by atoms with E-state index in [4.69, 9.17) is 4.74 Å². The van der Waals surface area contributed by atoms with Crippen LogP contribution in [0.25, 0.3) is 10.2 Å². The zero-order chi connectivity index (χ0) is 33.7. The Morgan fingerprint density at radius 1 is 0.957 bits per heavy atom. The predicted molar refractivity (Wildman–Crippen MR) is 187 cm³/mol. The number of alkyl carbamates (subject to hydrolysis) is 1. The Morgan fingerprint density at radius 3 is 2.23 bits per heavy atom. The third kappa shape index (κ3) is 8.51. The molecule has 0 saturated carbocycles. The van der Waals surface area contributed by atoms with E-state index in [1.165, 1.54) is 23.1 Å². The molecule has 11 heteroatoms. The van der Waals surface area contributed by atoms with Gasteiger partial charge in [-0.3, -0.25) is 9.59 Å². The smallest absolute Gasteiger partial charge is 0.408 e. The van der Waals surface area contributed by atoms with Crippen LogP contribution in [-0.2, 0) is 20.7 Å². The number of amides is 3. The molecule has 3 aromatic carbocycles. The van der Waals surface area contributed by atoms with Gasteiger partial charge < -0.3 is 25.4 Å². The first-order valence-corrected chi connectivity index (χ1v) is 17.6. The number of rotatable bonds is 10. The van der Waals surface area contributed by atoms with Gasteiger partial charge in [0.1, 0.15) is 34.2 Å². The van der Waals surface area contributed by atoms with Crippen molar-refractivity contribution in [2.75, 3.05) is 5.75 Å². The first-order valence-electron chi connectivity index (χ1n) is 15.8. The fourth-order valence-electron chi connectivity index (χ4n) is 5.54. The van der Waals surface area contributed by atoms with Gasteiger partial charge in [-0.25, -0.2) is 9.78 Å². The van der Waals surface area contributed by atoms with Crippen molar-refractivity contribution in [1.82, 2.24) is 20.5 Å². The minimum atomic E-state index is -1.09. The second-order valence-electron chi connectivity index (χ2n) is 13.0. The largest absolute Gasteiger partial charge is 0.444 e. The van der Waals surface area contributed by atoms with Gasteiger partial charge >= 0.3 is 6.09 Å². The second kappa shape index (κ2) is 14.9. The summed E-state index contributed by atoms with van der Waals surface area (Å²) in [6, 6.07) is 24.4. The highest BCUT2D eigenvalue weighted by atomic mass is 32.2. The minimum Gasteiger partial charge on any atom is -0.444 e. The summed E-state index contributed by atoms with van der Waals surface area (Å²) in [7, 11) is 0. The fraction of sp³-hybridized carbons (Fsp3) is 0.389. The number of nitrogens with one attached hydrogen (secondary N) is 2. The molecular formula is C36H42N4O5S2. The molecule has 0 bridgehead atoms. The number of fused-ring (bicyclic) bond motifs is 1. The number of carbonyl (C=O) groups is 3. The summed E-state index contributed by atoms with van der Waals surface area (Å²) in [5.41, 5.74) is 1.85. The highest BCUT2D eigenvalue weighted by molar-refractivity contribution is 7.99. The normalized spacial score (nSPS) is 18.5. The molecule has 9 nitrogen and oxygen atoms in total. The third-order valence-electron chi connectivity index (χ3n) is 7.82. The van der Waals surface area contributed by atoms with Crippen LogP contribution in [0.3, 0.4) is 0 Å². The Balaban J connectivity index is 1.45. The van der Waals surface area contributed by atoms with Crippen molar-refractivity contribution < 1.29 is 24.2 Å². The summed E-state index contributed by atoms with van der Waals surface area (Å²) in [5, 5.41) is 17.6. The van der Waals surface area contributed by atoms with Crippen molar-refractivity contribution in [2.24, 2.45) is 5.92 Å². The lowest BCUT2D eigenvalue weighted by Gasteiger charge is -2.35. The van der Waals surface area contributed by atoms with E-state index in [1.807, 2.05) is 98.8 Å². The number of benzene rings is 3. The van der Waals surface area contributed by atoms with Crippen molar-refractivity contribution in [2.45, 2.75) is 76.2 Å². The van der Waals surface area contributed by atoms with E-state index in [1.54, 1.807) is 25.7 Å². The van der Waals surface area contributed by atoms with Gasteiger partial charge in [-0.2, -0.15) is 0 Å². The number of hydrogen-bond donors (Lipinski definition) is 3. The van der Waals surface area contributed by atoms with Gasteiger partial charge in [0, 0.05) is 5.75 Å². The van der Waals surface area contributed by atoms with Crippen LogP contribution in [0.5, 0.6) is 0 Å². The second-order valence-corrected chi connectivity index (χ2v) is 15.2. The summed E-state index contributed by atoms with van der Waals surface area (Å²) in [5.74, 6) is -0.710. The number of aromatic nitrogens is 1. The third-order valence-corrected chi connectivity index (χ3v) is 10.2. The summed E-state index contributed by atoms with van der Waals surface area (Å²) in [6.45, 7) is 8.98. The summed E-state index contributed by atoms with van der Waals surface area (Å²) in [4.78, 5) is 47.8. The molecule has 4 aromatic rings. The summed E-state index contributed by atoms with van der Waals surface area (Å²) >= 11 is 2.88. The monoisotopic (exact) mass is 674 g/mol. The molecule has 1 aromatic heterocycles. The predicted octanol–water partition coefficient (Wildman–Crippen LogP) is 6.25. The van der Waals surface area contributed by atoms with Crippen molar-refractivity contribution in [3.05, 3.63) is 101 Å². The van der Waals surface area contributed by atoms with Crippen LogP contribution < -0.4 is 10.6 Å². The summed E-state index contributed by atoms with van der Waals surface area (Å²) in [6.07, 6.45) is -1.43. The maximum absolute atomic E-state index is 14.4. The van der Waals surface area contributed by atoms with E-state index >= 15 is 0 Å². The molecule has 0 aliphatic carbocycles. The number of carbonyl (C=O) groups excluding carboxylic acids is 3. The van der Waals surface area contributed by atoms with E-state index in [0.29, 0.717) is 17.2 Å². The Hall–Kier alpha value is -3.93. The number of thioether (sulfide) groups is 1. The standard InChI is InChI=1S/C36H42N4O5S2/c1-22(2)29(39-35(44)45-36(3,4)5)33(43)40-27(21-46-34(40)24-16-10-7-11-17-24)31(42)37-26(20-23-14-8-6-9-15-23)30(41)32-38-25-18-12-13-19-28(25)47-32/h6-19,22,26-27,29-30,34,41H,20-21H2,1-5H3,(H,37,42)(H,39,44)/t26-,27-,29-,30?,34?/m0/s1. The van der Waals surface area contributed by atoms with Gasteiger partial charge in [-0.1, -0.05) is 86.6 Å². The lowest BCUT2D eigenvalue weighted by Crippen LogP contribution is -2.57. The Labute approximate surface area is 284 Å². The van der Waals surface area contributed by atoms with Crippen molar-refractivity contribution in [3.8, 4) is 0 Å². The van der Waals surface area contributed by atoms with E-state index in [-0.39, 0.29) is 17.7 Å². The van der Waals surface area contributed by atoms with Crippen molar-refractivity contribution >= 4 is 51.2 Å². The van der Waals surface area contributed by atoms with Crippen LogP contribution in [0, 0.1) is 5.92 Å². The van der Waals surface area contributed by atoms with Crippen LogP contribution in [0.2, 0.25) is 0 Å². The molecule has 2 heterocycles. The highest BCUT2D eigenvalue weighted by Gasteiger charge is 2.46. The van der Waals surface area contributed by atoms with E-state index in [0.717, 1.165) is 21.3 Å². The van der Waals surface area contributed by atoms with Gasteiger partial charge in [-0.15, -0.1) is 23.1 Å². The van der Waals surface area contributed by atoms with Crippen molar-refractivity contribution in [1.29, 1.82) is 0 Å². The quantitative estimate of drug-likeness (QED) is 0.182. The number of thiazole rings is 1. The average Bonchev–Trinajstić information content (AvgIpc) is 3.68. The van der Waals surface area contributed by atoms with Gasteiger partial charge in [0.2, 0.25) is 11.8 Å². The van der Waals surface area contributed by atoms with Crippen LogP contribution >= 0.6 is 23.1 Å². The fourth-order valence-corrected chi connectivity index (χ4v) is 7.99. The van der Waals surface area contributed by atoms with E-state index in [9.17, 15) is 19.5 Å². The molecule has 5 rings (SSSR count). The lowest BCUT2D eigenvalue weighted by molar-refractivity contribution is -0.142. The van der Waals surface area contributed by atoms with Gasteiger partial charge in [0.25, 0.3) is 0 Å². The van der Waals surface area contributed by atoms with Crippen LogP contribution in [0.1, 0.15) is 62.2 Å². The molecule has 47 heavy (non-hydrogen) atoms. The van der Waals surface area contributed by atoms with Crippen LogP contribution in [0.4, 0.5) is 4.79 Å². The number of aliphatic hydroxyl groups excluding tert-OH is 1. The van der Waals surface area contributed by atoms with Gasteiger partial charge in [0.05, 0.1) is 16.3 Å². The zero-order valence-corrected chi connectivity index (χ0v) is 28.9. The lowest BCUT2D eigenvalue weighted by atomic mass is 9.99. The maximum Gasteiger partial charge on any atom is 0.408 e. The topological polar surface area (TPSA) is 121 Å². The number of hydrogen-bond acceptors (Lipinski definition) is 8. The number of ether oxygens (including phenoxy) is 1. The molecule has 2 unspecified atom stereocenters. The molecule has 248 valence electrons. The SMILES string of the molecule is CC(C)[C@H](NC(=O)OC(C)(C)C)C(=O)N1C(c2ccccc2)SC[C@H]1C(=O)N[C@@H](Cc1ccccc1)C(O)c1nc2ccccc2s1. The molecule has 1 fully saturated rings. The number of aliphatic hydroxyl groups is 1. The molecule has 1 aliphatic rings. The Kier molecular flexibility index (Phi) is 10.9. The Bertz CT molecular complexity index is 1640. The average molecular weight is 675 g/mol. The Morgan fingerprint density at radius 2 is 1.60 bits per heavy atom. The molecule has 0 spiro atoms. The van der Waals surface area contributed by atoms with E-state index < -0.39 is 41.3 Å². The molecule has 3 N–H and O–H groups in total. The molecule has 5 atom stereocenters. The molecule has 0 radical (unpaired) electrons. The highest BCUT2D eigenvalue weighted by Crippen LogP contribution is 2.42. The maximum atomic E-state index is 14.4.